The molecule has 0 rings (SSSR count). The number of aliphatic hydroxyl groups excluding tert-OH is 1. The molecule has 11 heavy (non-hydrogen) atoms. The number of rotatable bonds is 3. The van der Waals surface area contributed by atoms with E-state index in [1.54, 1.807) is 13.8 Å². The molecule has 0 aliphatic rings. The highest BCUT2D eigenvalue weighted by Crippen LogP contribution is 2.05. The van der Waals surface area contributed by atoms with Crippen molar-refractivity contribution in [3.8, 4) is 0 Å². The highest BCUT2D eigenvalue weighted by Gasteiger charge is 2.25. The number of carbonyl (C=O) groups excluding carboxylic acids is 1. The molecule has 0 amide bonds. The topological polar surface area (TPSA) is 72.5 Å². The molecule has 0 aliphatic carbocycles. The molecule has 1 unspecified atom stereocenters. The molecule has 0 aromatic heterocycles. The number of nitrogens with two attached hydrogens (primary N) is 1. The lowest BCUT2D eigenvalue weighted by Crippen LogP contribution is -2.45. The van der Waals surface area contributed by atoms with E-state index in [0.717, 1.165) is 0 Å². The zero-order valence-corrected chi connectivity index (χ0v) is 7.07. The van der Waals surface area contributed by atoms with E-state index in [1.807, 2.05) is 0 Å². The molecular weight excluding hydrogens is 146 g/mol. The van der Waals surface area contributed by atoms with E-state index in [0.29, 0.717) is 0 Å². The smallest absolute Gasteiger partial charge is 0.325 e. The summed E-state index contributed by atoms with van der Waals surface area (Å²) < 4.78 is 4.36. The molecule has 0 bridgehead atoms. The second kappa shape index (κ2) is 4.31. The number of esters is 1. The molecule has 4 nitrogen and oxygen atoms in total. The minimum atomic E-state index is -0.931. The fourth-order valence-corrected chi connectivity index (χ4v) is 0.690. The van der Waals surface area contributed by atoms with E-state index in [9.17, 15) is 9.90 Å². The van der Waals surface area contributed by atoms with Gasteiger partial charge in [-0.05, 0) is 5.92 Å². The van der Waals surface area contributed by atoms with Gasteiger partial charge in [-0.3, -0.25) is 4.79 Å². The van der Waals surface area contributed by atoms with Gasteiger partial charge in [0.05, 0.1) is 13.2 Å². The van der Waals surface area contributed by atoms with Gasteiger partial charge in [-0.15, -0.1) is 0 Å². The van der Waals surface area contributed by atoms with E-state index in [4.69, 9.17) is 5.73 Å². The minimum Gasteiger partial charge on any atom is -0.468 e. The maximum Gasteiger partial charge on any atom is 0.325 e. The number of carbonyl (C=O) groups is 1. The summed E-state index contributed by atoms with van der Waals surface area (Å²) in [6, 6.07) is -0.931. The molecule has 0 aliphatic heterocycles. The van der Waals surface area contributed by atoms with E-state index in [2.05, 4.69) is 4.74 Å². The molecule has 0 spiro atoms. The van der Waals surface area contributed by atoms with Crippen LogP contribution in [0, 0.1) is 5.92 Å². The van der Waals surface area contributed by atoms with Crippen LogP contribution < -0.4 is 5.73 Å². The van der Waals surface area contributed by atoms with Crippen molar-refractivity contribution in [1.82, 2.24) is 0 Å². The molecule has 0 heterocycles. The predicted molar refractivity (Wildman–Crippen MR) is 40.8 cm³/mol. The highest BCUT2D eigenvalue weighted by molar-refractivity contribution is 5.76. The Morgan fingerprint density at radius 2 is 2.00 bits per heavy atom. The summed E-state index contributed by atoms with van der Waals surface area (Å²) in [7, 11) is 1.25. The van der Waals surface area contributed by atoms with E-state index < -0.39 is 18.1 Å². The Kier molecular flexibility index (Phi) is 4.07. The Bertz CT molecular complexity index is 136. The van der Waals surface area contributed by atoms with Crippen LogP contribution in [0.5, 0.6) is 0 Å². The van der Waals surface area contributed by atoms with Crippen LogP contribution in [0.1, 0.15) is 13.8 Å². The SMILES string of the molecule is COC(=O)C(N)[C@H](O)C(C)C. The average molecular weight is 161 g/mol. The number of aliphatic hydroxyl groups is 1. The van der Waals surface area contributed by atoms with Crippen molar-refractivity contribution in [2.24, 2.45) is 11.7 Å². The third-order valence-electron chi connectivity index (χ3n) is 1.52. The van der Waals surface area contributed by atoms with Gasteiger partial charge in [0.25, 0.3) is 0 Å². The van der Waals surface area contributed by atoms with Gasteiger partial charge in [-0.2, -0.15) is 0 Å². The first-order chi connectivity index (χ1) is 5.00. The second-order valence-corrected chi connectivity index (χ2v) is 2.78. The monoisotopic (exact) mass is 161 g/mol. The average Bonchev–Trinajstić information content (AvgIpc) is 2.00. The summed E-state index contributed by atoms with van der Waals surface area (Å²) in [6.07, 6.45) is -0.831. The molecule has 0 saturated heterocycles. The summed E-state index contributed by atoms with van der Waals surface area (Å²) in [5.41, 5.74) is 5.35. The lowest BCUT2D eigenvalue weighted by Gasteiger charge is -2.19. The maximum absolute atomic E-state index is 10.8. The normalized spacial score (nSPS) is 16.2. The third-order valence-corrected chi connectivity index (χ3v) is 1.52. The molecule has 0 aromatic rings. The van der Waals surface area contributed by atoms with Crippen molar-refractivity contribution in [1.29, 1.82) is 0 Å². The molecule has 66 valence electrons. The molecule has 0 fully saturated rings. The largest absolute Gasteiger partial charge is 0.468 e. The van der Waals surface area contributed by atoms with Crippen LogP contribution in [0.3, 0.4) is 0 Å². The second-order valence-electron chi connectivity index (χ2n) is 2.78. The summed E-state index contributed by atoms with van der Waals surface area (Å²) in [5.74, 6) is -0.615. The number of hydrogen-bond acceptors (Lipinski definition) is 4. The van der Waals surface area contributed by atoms with Crippen LogP contribution in [-0.2, 0) is 9.53 Å². The van der Waals surface area contributed by atoms with Gasteiger partial charge in [-0.25, -0.2) is 0 Å². The van der Waals surface area contributed by atoms with Crippen molar-refractivity contribution in [3.63, 3.8) is 0 Å². The fourth-order valence-electron chi connectivity index (χ4n) is 0.690. The van der Waals surface area contributed by atoms with Crippen molar-refractivity contribution in [2.75, 3.05) is 7.11 Å². The van der Waals surface area contributed by atoms with Crippen LogP contribution in [0.25, 0.3) is 0 Å². The fraction of sp³-hybridized carbons (Fsp3) is 0.857. The molecule has 2 atom stereocenters. The van der Waals surface area contributed by atoms with Gasteiger partial charge in [0.2, 0.25) is 0 Å². The lowest BCUT2D eigenvalue weighted by atomic mass is 10.0. The van der Waals surface area contributed by atoms with Crippen LogP contribution in [0.4, 0.5) is 0 Å². The van der Waals surface area contributed by atoms with Gasteiger partial charge in [-0.1, -0.05) is 13.8 Å². The van der Waals surface area contributed by atoms with E-state index >= 15 is 0 Å². The van der Waals surface area contributed by atoms with Crippen molar-refractivity contribution >= 4 is 5.97 Å². The van der Waals surface area contributed by atoms with Gasteiger partial charge in [0.15, 0.2) is 0 Å². The first-order valence-corrected chi connectivity index (χ1v) is 3.52. The first-order valence-electron chi connectivity index (χ1n) is 3.52. The Labute approximate surface area is 66.3 Å². The van der Waals surface area contributed by atoms with Crippen molar-refractivity contribution < 1.29 is 14.6 Å². The molecule has 0 saturated carbocycles. The van der Waals surface area contributed by atoms with Gasteiger partial charge in [0, 0.05) is 0 Å². The third kappa shape index (κ3) is 2.86. The summed E-state index contributed by atoms with van der Waals surface area (Å²) in [6.45, 7) is 3.57. The summed E-state index contributed by atoms with van der Waals surface area (Å²) in [4.78, 5) is 10.8. The number of ether oxygens (including phenoxy) is 1. The molecule has 4 heteroatoms. The van der Waals surface area contributed by atoms with Crippen molar-refractivity contribution in [2.45, 2.75) is 26.0 Å². The first kappa shape index (κ1) is 10.4. The standard InChI is InChI=1S/C7H15NO3/c1-4(2)6(9)5(8)7(10)11-3/h4-6,9H,8H2,1-3H3/t5?,6-/m1/s1. The van der Waals surface area contributed by atoms with Crippen LogP contribution in [-0.4, -0.2) is 30.3 Å². The summed E-state index contributed by atoms with van der Waals surface area (Å²) >= 11 is 0. The Hall–Kier alpha value is -0.610. The van der Waals surface area contributed by atoms with Gasteiger partial charge < -0.3 is 15.6 Å². The number of hydrogen-bond donors (Lipinski definition) is 2. The zero-order valence-electron chi connectivity index (χ0n) is 7.07. The quantitative estimate of drug-likeness (QED) is 0.547. The van der Waals surface area contributed by atoms with Gasteiger partial charge >= 0.3 is 5.97 Å². The lowest BCUT2D eigenvalue weighted by molar-refractivity contribution is -0.145. The van der Waals surface area contributed by atoms with E-state index in [1.165, 1.54) is 7.11 Å². The van der Waals surface area contributed by atoms with Crippen LogP contribution in [0.2, 0.25) is 0 Å². The molecule has 0 aromatic carbocycles. The molecule has 3 N–H and O–H groups in total. The summed E-state index contributed by atoms with van der Waals surface area (Å²) in [5, 5.41) is 9.27. The Balaban J connectivity index is 4.01. The zero-order chi connectivity index (χ0) is 9.02. The Morgan fingerprint density at radius 1 is 1.55 bits per heavy atom. The molecule has 0 radical (unpaired) electrons. The van der Waals surface area contributed by atoms with Crippen molar-refractivity contribution in [3.05, 3.63) is 0 Å². The molecular formula is C7H15NO3. The minimum absolute atomic E-state index is 0.0379. The van der Waals surface area contributed by atoms with E-state index in [-0.39, 0.29) is 5.92 Å². The number of methoxy groups -OCH3 is 1. The predicted octanol–water partition coefficient (Wildman–Crippen LogP) is -0.496. The van der Waals surface area contributed by atoms with Crippen LogP contribution in [0.15, 0.2) is 0 Å². The van der Waals surface area contributed by atoms with Gasteiger partial charge in [0.1, 0.15) is 6.04 Å². The highest BCUT2D eigenvalue weighted by atomic mass is 16.5. The maximum atomic E-state index is 10.8. The Morgan fingerprint density at radius 3 is 2.27 bits per heavy atom. The van der Waals surface area contributed by atoms with Crippen LogP contribution >= 0.6 is 0 Å².